The molecular weight excluding hydrogens is 288 g/mol. The topological polar surface area (TPSA) is 58.4 Å². The molecule has 0 bridgehead atoms. The maximum Gasteiger partial charge on any atom is 0.223 e. The highest BCUT2D eigenvalue weighted by Crippen LogP contribution is 2.13. The lowest BCUT2D eigenvalue weighted by molar-refractivity contribution is -0.125. The van der Waals surface area contributed by atoms with Gasteiger partial charge in [0, 0.05) is 18.3 Å². The number of nitrogens with zero attached hydrogens (tertiary/aromatic N) is 2. The summed E-state index contributed by atoms with van der Waals surface area (Å²) in [6, 6.07) is 4.04. The van der Waals surface area contributed by atoms with Crippen LogP contribution in [0.15, 0.2) is 24.5 Å². The largest absolute Gasteiger partial charge is 0.350 e. The van der Waals surface area contributed by atoms with Gasteiger partial charge < -0.3 is 15.0 Å². The number of fused-ring (bicyclic) bond motifs is 1. The van der Waals surface area contributed by atoms with Crippen molar-refractivity contribution < 1.29 is 4.79 Å². The van der Waals surface area contributed by atoms with Crippen LogP contribution in [0, 0.1) is 12.8 Å². The smallest absolute Gasteiger partial charge is 0.223 e. The number of halogens is 1. The van der Waals surface area contributed by atoms with Crippen LogP contribution in [-0.4, -0.2) is 28.4 Å². The van der Waals surface area contributed by atoms with E-state index in [0.717, 1.165) is 42.8 Å². The van der Waals surface area contributed by atoms with Crippen LogP contribution >= 0.6 is 12.4 Å². The predicted molar refractivity (Wildman–Crippen MR) is 84.6 cm³/mol. The van der Waals surface area contributed by atoms with Crippen LogP contribution in [0.3, 0.4) is 0 Å². The minimum Gasteiger partial charge on any atom is -0.350 e. The maximum atomic E-state index is 12.1. The average Bonchev–Trinajstić information content (AvgIpc) is 2.90. The number of pyridine rings is 1. The van der Waals surface area contributed by atoms with Crippen molar-refractivity contribution in [3.63, 3.8) is 0 Å². The number of carbonyl (C=O) groups excluding carboxylic acids is 1. The Hall–Kier alpha value is -1.59. The van der Waals surface area contributed by atoms with Gasteiger partial charge in [-0.15, -0.1) is 12.4 Å². The van der Waals surface area contributed by atoms with Gasteiger partial charge >= 0.3 is 0 Å². The highest BCUT2D eigenvalue weighted by Gasteiger charge is 2.20. The average molecular weight is 309 g/mol. The number of nitrogens with one attached hydrogen (secondary N) is 2. The van der Waals surface area contributed by atoms with E-state index < -0.39 is 0 Å². The Morgan fingerprint density at radius 2 is 2.24 bits per heavy atom. The summed E-state index contributed by atoms with van der Waals surface area (Å²) in [5.41, 5.74) is 3.00. The van der Waals surface area contributed by atoms with Gasteiger partial charge in [0.15, 0.2) is 0 Å². The Labute approximate surface area is 130 Å². The molecule has 2 N–H and O–H groups in total. The van der Waals surface area contributed by atoms with Gasteiger partial charge in [-0.3, -0.25) is 4.79 Å². The molecule has 0 spiro atoms. The van der Waals surface area contributed by atoms with Gasteiger partial charge in [-0.2, -0.15) is 0 Å². The fourth-order valence-electron chi connectivity index (χ4n) is 2.70. The first-order valence-corrected chi connectivity index (χ1v) is 7.15. The minimum absolute atomic E-state index is 0. The Bertz CT molecular complexity index is 619. The molecule has 0 radical (unpaired) electrons. The lowest BCUT2D eigenvalue weighted by Gasteiger charge is -2.21. The van der Waals surface area contributed by atoms with Crippen LogP contribution in [-0.2, 0) is 11.3 Å². The Kier molecular flexibility index (Phi) is 5.20. The number of carbonyl (C=O) groups is 1. The van der Waals surface area contributed by atoms with Gasteiger partial charge in [0.25, 0.3) is 0 Å². The van der Waals surface area contributed by atoms with E-state index in [-0.39, 0.29) is 24.2 Å². The zero-order chi connectivity index (χ0) is 13.9. The molecule has 6 heteroatoms. The van der Waals surface area contributed by atoms with Gasteiger partial charge in [-0.25, -0.2) is 4.98 Å². The van der Waals surface area contributed by atoms with E-state index in [0.29, 0.717) is 6.54 Å². The number of hydrogen-bond donors (Lipinski definition) is 2. The molecule has 3 rings (SSSR count). The first-order chi connectivity index (χ1) is 9.74. The van der Waals surface area contributed by atoms with Crippen molar-refractivity contribution in [2.75, 3.05) is 13.1 Å². The summed E-state index contributed by atoms with van der Waals surface area (Å²) >= 11 is 0. The van der Waals surface area contributed by atoms with E-state index >= 15 is 0 Å². The summed E-state index contributed by atoms with van der Waals surface area (Å²) in [6.45, 7) is 4.42. The predicted octanol–water partition coefficient (Wildman–Crippen LogP) is 1.68. The molecule has 0 aromatic carbocycles. The standard InChI is InChI=1S/C15H20N4O.ClH/c1-11-3-2-8-19-10-13(18-14(11)19)9-17-15(20)12-4-6-16-7-5-12;/h2-3,8,10,12,16H,4-7,9H2,1H3,(H,17,20);1H. The number of amides is 1. The first-order valence-electron chi connectivity index (χ1n) is 7.15. The van der Waals surface area contributed by atoms with E-state index in [9.17, 15) is 4.79 Å². The Morgan fingerprint density at radius 1 is 1.48 bits per heavy atom. The van der Waals surface area contributed by atoms with E-state index in [2.05, 4.69) is 15.6 Å². The summed E-state index contributed by atoms with van der Waals surface area (Å²) in [4.78, 5) is 16.6. The number of hydrogen-bond acceptors (Lipinski definition) is 3. The van der Waals surface area contributed by atoms with E-state index in [1.54, 1.807) is 0 Å². The molecule has 0 saturated carbocycles. The second-order valence-electron chi connectivity index (χ2n) is 5.40. The van der Waals surface area contributed by atoms with Crippen LogP contribution < -0.4 is 10.6 Å². The first kappa shape index (κ1) is 15.8. The SMILES string of the molecule is Cc1cccn2cc(CNC(=O)C3CCNCC3)nc12.Cl. The number of aromatic nitrogens is 2. The lowest BCUT2D eigenvalue weighted by atomic mass is 9.97. The highest BCUT2D eigenvalue weighted by atomic mass is 35.5. The van der Waals surface area contributed by atoms with Crippen molar-refractivity contribution in [1.82, 2.24) is 20.0 Å². The van der Waals surface area contributed by atoms with E-state index in [4.69, 9.17) is 0 Å². The number of rotatable bonds is 3. The number of piperidine rings is 1. The second kappa shape index (κ2) is 6.91. The van der Waals surface area contributed by atoms with E-state index in [1.807, 2.05) is 35.9 Å². The quantitative estimate of drug-likeness (QED) is 0.907. The van der Waals surface area contributed by atoms with Crippen molar-refractivity contribution in [1.29, 1.82) is 0 Å². The van der Waals surface area contributed by atoms with Gasteiger partial charge in [0.05, 0.1) is 12.2 Å². The Balaban J connectivity index is 0.00000161. The fourth-order valence-corrected chi connectivity index (χ4v) is 2.70. The molecule has 5 nitrogen and oxygen atoms in total. The zero-order valence-electron chi connectivity index (χ0n) is 12.1. The monoisotopic (exact) mass is 308 g/mol. The van der Waals surface area contributed by atoms with E-state index in [1.165, 1.54) is 0 Å². The molecule has 0 atom stereocenters. The van der Waals surface area contributed by atoms with Gasteiger partial charge in [-0.1, -0.05) is 6.07 Å². The van der Waals surface area contributed by atoms with Gasteiger partial charge in [0.1, 0.15) is 5.65 Å². The fraction of sp³-hybridized carbons (Fsp3) is 0.467. The summed E-state index contributed by atoms with van der Waals surface area (Å²) in [5.74, 6) is 0.301. The summed E-state index contributed by atoms with van der Waals surface area (Å²) in [6.07, 6.45) is 5.81. The van der Waals surface area contributed by atoms with Crippen molar-refractivity contribution >= 4 is 24.0 Å². The molecule has 114 valence electrons. The minimum atomic E-state index is 0. The molecule has 2 aromatic rings. The van der Waals surface area contributed by atoms with Crippen molar-refractivity contribution in [2.24, 2.45) is 5.92 Å². The highest BCUT2D eigenvalue weighted by molar-refractivity contribution is 5.85. The summed E-state index contributed by atoms with van der Waals surface area (Å²) in [5, 5.41) is 6.28. The number of aryl methyl sites for hydroxylation is 1. The van der Waals surface area contributed by atoms with Crippen LogP contribution in [0.5, 0.6) is 0 Å². The molecule has 1 aliphatic rings. The van der Waals surface area contributed by atoms with Crippen molar-refractivity contribution in [3.8, 4) is 0 Å². The van der Waals surface area contributed by atoms with Crippen LogP contribution in [0.1, 0.15) is 24.1 Å². The molecule has 2 aromatic heterocycles. The molecule has 1 saturated heterocycles. The summed E-state index contributed by atoms with van der Waals surface area (Å²) < 4.78 is 2.00. The molecular formula is C15H21ClN4O. The van der Waals surface area contributed by atoms with Crippen LogP contribution in [0.25, 0.3) is 5.65 Å². The molecule has 0 unspecified atom stereocenters. The summed E-state index contributed by atoms with van der Waals surface area (Å²) in [7, 11) is 0. The Morgan fingerprint density at radius 3 is 2.95 bits per heavy atom. The third-order valence-electron chi connectivity index (χ3n) is 3.88. The third-order valence-corrected chi connectivity index (χ3v) is 3.88. The van der Waals surface area contributed by atoms with Gasteiger partial charge in [-0.05, 0) is 44.5 Å². The molecule has 0 aliphatic carbocycles. The van der Waals surface area contributed by atoms with Crippen LogP contribution in [0.2, 0.25) is 0 Å². The van der Waals surface area contributed by atoms with Crippen LogP contribution in [0.4, 0.5) is 0 Å². The number of imidazole rings is 1. The lowest BCUT2D eigenvalue weighted by Crippen LogP contribution is -2.37. The molecule has 1 amide bonds. The molecule has 21 heavy (non-hydrogen) atoms. The zero-order valence-corrected chi connectivity index (χ0v) is 12.9. The van der Waals surface area contributed by atoms with Crippen molar-refractivity contribution in [2.45, 2.75) is 26.3 Å². The second-order valence-corrected chi connectivity index (χ2v) is 5.40. The molecule has 1 fully saturated rings. The van der Waals surface area contributed by atoms with Gasteiger partial charge in [0.2, 0.25) is 5.91 Å². The van der Waals surface area contributed by atoms with Crippen molar-refractivity contribution in [3.05, 3.63) is 35.8 Å². The normalized spacial score (nSPS) is 15.7. The molecule has 1 aliphatic heterocycles. The maximum absolute atomic E-state index is 12.1. The third kappa shape index (κ3) is 3.54. The molecule has 3 heterocycles.